The molecule has 0 saturated heterocycles. The van der Waals surface area contributed by atoms with Crippen molar-refractivity contribution in [1.29, 1.82) is 0 Å². The summed E-state index contributed by atoms with van der Waals surface area (Å²) in [5, 5.41) is 2.81. The molecule has 2 heterocycles. The third-order valence-corrected chi connectivity index (χ3v) is 5.90. The van der Waals surface area contributed by atoms with Crippen molar-refractivity contribution in [3.8, 4) is 0 Å². The average molecular weight is 297 g/mol. The van der Waals surface area contributed by atoms with Crippen molar-refractivity contribution in [2.24, 2.45) is 5.84 Å². The number of hydrogen-bond donors (Lipinski definition) is 2. The van der Waals surface area contributed by atoms with Crippen molar-refractivity contribution < 1.29 is 0 Å². The summed E-state index contributed by atoms with van der Waals surface area (Å²) in [6.07, 6.45) is 0. The third-order valence-electron chi connectivity index (χ3n) is 3.25. The summed E-state index contributed by atoms with van der Waals surface area (Å²) in [5.74, 6) is 7.18. The van der Waals surface area contributed by atoms with Gasteiger partial charge in [-0.05, 0) is 23.1 Å². The van der Waals surface area contributed by atoms with Crippen molar-refractivity contribution in [1.82, 2.24) is 5.43 Å². The van der Waals surface area contributed by atoms with E-state index in [4.69, 9.17) is 17.4 Å². The number of benzene rings is 1. The van der Waals surface area contributed by atoms with Crippen LogP contribution in [-0.4, -0.2) is 5.75 Å². The number of fused-ring (bicyclic) bond motifs is 1. The zero-order valence-corrected chi connectivity index (χ0v) is 12.0. The summed E-state index contributed by atoms with van der Waals surface area (Å²) >= 11 is 9.78. The van der Waals surface area contributed by atoms with Crippen molar-refractivity contribution >= 4 is 34.7 Å². The lowest BCUT2D eigenvalue weighted by Gasteiger charge is -2.22. The van der Waals surface area contributed by atoms with Gasteiger partial charge in [0.15, 0.2) is 0 Å². The fourth-order valence-electron chi connectivity index (χ4n) is 2.37. The maximum Gasteiger partial charge on any atom is 0.0645 e. The quantitative estimate of drug-likeness (QED) is 0.668. The molecule has 3 rings (SSSR count). The third kappa shape index (κ3) is 2.08. The fraction of sp³-hybridized carbons (Fsp3) is 0.231. The van der Waals surface area contributed by atoms with Gasteiger partial charge in [0.2, 0.25) is 0 Å². The monoisotopic (exact) mass is 296 g/mol. The molecule has 5 heteroatoms. The average Bonchev–Trinajstić information content (AvgIpc) is 2.99. The van der Waals surface area contributed by atoms with E-state index in [2.05, 4.69) is 29.7 Å². The Morgan fingerprint density at radius 3 is 2.89 bits per heavy atom. The molecule has 2 aromatic rings. The molecule has 0 amide bonds. The molecule has 1 aromatic heterocycles. The second kappa shape index (κ2) is 5.23. The minimum absolute atomic E-state index is 0.0913. The van der Waals surface area contributed by atoms with Crippen molar-refractivity contribution in [2.75, 3.05) is 5.75 Å². The van der Waals surface area contributed by atoms with E-state index in [0.717, 1.165) is 15.7 Å². The maximum absolute atomic E-state index is 6.23. The summed E-state index contributed by atoms with van der Waals surface area (Å²) in [4.78, 5) is 2.48. The molecule has 2 atom stereocenters. The van der Waals surface area contributed by atoms with Gasteiger partial charge in [-0.1, -0.05) is 29.8 Å². The van der Waals surface area contributed by atoms with Crippen molar-refractivity contribution in [3.05, 3.63) is 51.2 Å². The molecule has 1 aliphatic rings. The maximum atomic E-state index is 6.23. The zero-order valence-electron chi connectivity index (χ0n) is 9.60. The normalized spacial score (nSPS) is 19.8. The molecule has 1 aliphatic heterocycles. The molecule has 0 aliphatic carbocycles. The van der Waals surface area contributed by atoms with Gasteiger partial charge in [-0.15, -0.1) is 23.1 Å². The molecular formula is C13H13ClN2S2. The Labute approximate surface area is 120 Å². The van der Waals surface area contributed by atoms with Gasteiger partial charge in [-0.25, -0.2) is 0 Å². The van der Waals surface area contributed by atoms with Crippen LogP contribution >= 0.6 is 34.7 Å². The van der Waals surface area contributed by atoms with E-state index in [1.54, 1.807) is 11.3 Å². The van der Waals surface area contributed by atoms with E-state index >= 15 is 0 Å². The zero-order chi connectivity index (χ0) is 12.5. The number of hydrogen-bond acceptors (Lipinski definition) is 4. The predicted octanol–water partition coefficient (Wildman–Crippen LogP) is 3.80. The Bertz CT molecular complexity index is 555. The summed E-state index contributed by atoms with van der Waals surface area (Å²) in [6.45, 7) is 0. The van der Waals surface area contributed by atoms with Crippen LogP contribution in [-0.2, 0) is 0 Å². The molecule has 1 aromatic carbocycles. The minimum atomic E-state index is 0.0913. The summed E-state index contributed by atoms with van der Waals surface area (Å²) in [6, 6.07) is 10.5. The van der Waals surface area contributed by atoms with Crippen LogP contribution in [0.2, 0.25) is 5.02 Å². The topological polar surface area (TPSA) is 38.0 Å². The van der Waals surface area contributed by atoms with Gasteiger partial charge < -0.3 is 0 Å². The molecule has 0 radical (unpaired) electrons. The van der Waals surface area contributed by atoms with Gasteiger partial charge >= 0.3 is 0 Å². The first kappa shape index (κ1) is 12.5. The first-order valence-electron chi connectivity index (χ1n) is 5.72. The molecule has 2 nitrogen and oxygen atoms in total. The Morgan fingerprint density at radius 2 is 2.17 bits per heavy atom. The smallest absolute Gasteiger partial charge is 0.0645 e. The molecular weight excluding hydrogens is 284 g/mol. The van der Waals surface area contributed by atoms with Crippen LogP contribution in [0.25, 0.3) is 0 Å². The van der Waals surface area contributed by atoms with E-state index < -0.39 is 0 Å². The summed E-state index contributed by atoms with van der Waals surface area (Å²) in [7, 11) is 0. The van der Waals surface area contributed by atoms with Crippen LogP contribution in [0.5, 0.6) is 0 Å². The number of thiophene rings is 1. The molecule has 0 saturated carbocycles. The molecule has 2 unspecified atom stereocenters. The lowest BCUT2D eigenvalue weighted by Crippen LogP contribution is -2.32. The van der Waals surface area contributed by atoms with Crippen LogP contribution in [0.3, 0.4) is 0 Å². The number of nitrogens with one attached hydrogen (secondary N) is 1. The standard InChI is InChI=1S/C13H13ClN2S2/c14-10-5-6-17-13(10)12(16-15)9-7-18-11-4-2-1-3-8(9)11/h1-6,9,12,16H,7,15H2. The van der Waals surface area contributed by atoms with Crippen LogP contribution in [0.1, 0.15) is 22.4 Å². The van der Waals surface area contributed by atoms with Crippen molar-refractivity contribution in [3.63, 3.8) is 0 Å². The fourth-order valence-corrected chi connectivity index (χ4v) is 4.96. The predicted molar refractivity (Wildman–Crippen MR) is 79.3 cm³/mol. The van der Waals surface area contributed by atoms with Gasteiger partial charge in [-0.3, -0.25) is 11.3 Å². The van der Waals surface area contributed by atoms with E-state index in [1.165, 1.54) is 10.5 Å². The van der Waals surface area contributed by atoms with Crippen molar-refractivity contribution in [2.45, 2.75) is 16.9 Å². The summed E-state index contributed by atoms with van der Waals surface area (Å²) in [5.41, 5.74) is 4.31. The minimum Gasteiger partial charge on any atom is -0.271 e. The Hall–Kier alpha value is -0.520. The molecule has 0 fully saturated rings. The molecule has 18 heavy (non-hydrogen) atoms. The number of rotatable bonds is 3. The van der Waals surface area contributed by atoms with Crippen LogP contribution in [0.4, 0.5) is 0 Å². The first-order chi connectivity index (χ1) is 8.81. The van der Waals surface area contributed by atoms with Gasteiger partial charge in [0.05, 0.1) is 11.1 Å². The van der Waals surface area contributed by atoms with Gasteiger partial charge in [0, 0.05) is 21.4 Å². The SMILES string of the molecule is NNC(c1sccc1Cl)C1CSc2ccccc21. The van der Waals surface area contributed by atoms with E-state index in [-0.39, 0.29) is 6.04 Å². The number of hydrazine groups is 1. The second-order valence-corrected chi connectivity index (χ2v) is 6.65. The van der Waals surface area contributed by atoms with Gasteiger partial charge in [0.25, 0.3) is 0 Å². The second-order valence-electron chi connectivity index (χ2n) is 4.23. The number of halogens is 1. The highest BCUT2D eigenvalue weighted by Gasteiger charge is 2.32. The highest BCUT2D eigenvalue weighted by molar-refractivity contribution is 7.99. The molecule has 0 bridgehead atoms. The highest BCUT2D eigenvalue weighted by atomic mass is 35.5. The van der Waals surface area contributed by atoms with E-state index in [0.29, 0.717) is 5.92 Å². The molecule has 3 N–H and O–H groups in total. The van der Waals surface area contributed by atoms with Crippen LogP contribution in [0.15, 0.2) is 40.6 Å². The van der Waals surface area contributed by atoms with Crippen LogP contribution < -0.4 is 11.3 Å². The molecule has 94 valence electrons. The first-order valence-corrected chi connectivity index (χ1v) is 7.96. The summed E-state index contributed by atoms with van der Waals surface area (Å²) < 4.78 is 0. The lowest BCUT2D eigenvalue weighted by molar-refractivity contribution is 0.493. The Balaban J connectivity index is 1.98. The van der Waals surface area contributed by atoms with E-state index in [9.17, 15) is 0 Å². The largest absolute Gasteiger partial charge is 0.271 e. The number of nitrogens with two attached hydrogens (primary N) is 1. The van der Waals surface area contributed by atoms with E-state index in [1.807, 2.05) is 23.2 Å². The van der Waals surface area contributed by atoms with Crippen LogP contribution in [0, 0.1) is 0 Å². The van der Waals surface area contributed by atoms with Gasteiger partial charge in [0.1, 0.15) is 0 Å². The Kier molecular flexibility index (Phi) is 3.63. The Morgan fingerprint density at radius 1 is 1.33 bits per heavy atom. The number of thioether (sulfide) groups is 1. The highest BCUT2D eigenvalue weighted by Crippen LogP contribution is 2.47. The van der Waals surface area contributed by atoms with Gasteiger partial charge in [-0.2, -0.15) is 0 Å². The lowest BCUT2D eigenvalue weighted by atomic mass is 9.93. The molecule has 0 spiro atoms.